The first-order valence-corrected chi connectivity index (χ1v) is 9.53. The van der Waals surface area contributed by atoms with Crippen LogP contribution in [0, 0.1) is 11.8 Å². The molecule has 3 N–H and O–H groups in total. The Morgan fingerprint density at radius 1 is 1.32 bits per heavy atom. The van der Waals surface area contributed by atoms with Crippen LogP contribution in [0.1, 0.15) is 28.8 Å². The number of carbonyl (C=O) groups is 1. The van der Waals surface area contributed by atoms with Gasteiger partial charge in [0.1, 0.15) is 0 Å². The van der Waals surface area contributed by atoms with Gasteiger partial charge < -0.3 is 15.2 Å². The number of hydrogen-bond donors (Lipinski definition) is 3. The van der Waals surface area contributed by atoms with Crippen LogP contribution in [0.15, 0.2) is 36.7 Å². The molecule has 0 unspecified atom stereocenters. The number of H-pyrrole nitrogens is 1. The summed E-state index contributed by atoms with van der Waals surface area (Å²) in [4.78, 5) is 16.5. The maximum Gasteiger partial charge on any atom is 0.253 e. The van der Waals surface area contributed by atoms with Crippen molar-refractivity contribution in [3.05, 3.63) is 52.8 Å². The summed E-state index contributed by atoms with van der Waals surface area (Å²) >= 11 is 6.22. The second-order valence-corrected chi connectivity index (χ2v) is 8.08. The smallest absolute Gasteiger partial charge is 0.253 e. The lowest BCUT2D eigenvalue weighted by molar-refractivity contribution is 0.0293. The van der Waals surface area contributed by atoms with Crippen molar-refractivity contribution >= 4 is 28.4 Å². The lowest BCUT2D eigenvalue weighted by Gasteiger charge is -2.27. The second kappa shape index (κ2) is 6.18. The highest BCUT2D eigenvalue weighted by molar-refractivity contribution is 6.31. The van der Waals surface area contributed by atoms with E-state index in [4.69, 9.17) is 16.3 Å². The number of fused-ring (bicyclic) bond motifs is 2. The molecule has 2 aliphatic carbocycles. The molecule has 2 saturated carbocycles. The minimum atomic E-state index is -0.953. The van der Waals surface area contributed by atoms with Crippen LogP contribution in [0.4, 0.5) is 0 Å². The fourth-order valence-electron chi connectivity index (χ4n) is 4.57. The molecule has 4 atom stereocenters. The minimum absolute atomic E-state index is 0.0777. The van der Waals surface area contributed by atoms with Crippen LogP contribution in [-0.2, 0) is 5.60 Å². The number of nitrogens with zero attached hydrogens (tertiary/aromatic N) is 2. The van der Waals surface area contributed by atoms with E-state index < -0.39 is 5.60 Å². The Morgan fingerprint density at radius 3 is 2.79 bits per heavy atom. The van der Waals surface area contributed by atoms with Crippen LogP contribution in [0.25, 0.3) is 10.9 Å². The molecule has 2 aliphatic rings. The molecule has 7 nitrogen and oxygen atoms in total. The van der Waals surface area contributed by atoms with Crippen LogP contribution in [-0.4, -0.2) is 39.3 Å². The highest BCUT2D eigenvalue weighted by atomic mass is 35.5. The van der Waals surface area contributed by atoms with Gasteiger partial charge in [0.2, 0.25) is 5.88 Å². The number of rotatable bonds is 4. The third-order valence-corrected chi connectivity index (χ3v) is 6.23. The number of halogens is 1. The average Bonchev–Trinajstić information content (AvgIpc) is 3.06. The van der Waals surface area contributed by atoms with Crippen molar-refractivity contribution in [2.45, 2.75) is 24.5 Å². The standard InChI is InChI=1S/C20H19ClN4O3/c1-28-17-3-2-10(8-22-17)19(26)24-18-12-6-20(27,7-13(12)18)15-4-11(21)5-16-14(15)9-23-25-16/h2-5,8-9,12-13,18,27H,6-7H2,1H3,(H,23,25)(H,24,26)/t12-,13+,18+,20-. The Kier molecular flexibility index (Phi) is 3.86. The molecule has 2 fully saturated rings. The predicted octanol–water partition coefficient (Wildman–Crippen LogP) is 2.65. The molecular formula is C20H19ClN4O3. The van der Waals surface area contributed by atoms with Gasteiger partial charge in [-0.2, -0.15) is 5.10 Å². The quantitative estimate of drug-likeness (QED) is 0.627. The number of aromatic amines is 1. The fraction of sp³-hybridized carbons (Fsp3) is 0.350. The van der Waals surface area contributed by atoms with Gasteiger partial charge in [0, 0.05) is 28.7 Å². The van der Waals surface area contributed by atoms with Crippen LogP contribution >= 0.6 is 11.6 Å². The van der Waals surface area contributed by atoms with Gasteiger partial charge in [-0.25, -0.2) is 4.98 Å². The average molecular weight is 399 g/mol. The number of aliphatic hydroxyl groups is 1. The summed E-state index contributed by atoms with van der Waals surface area (Å²) in [6.45, 7) is 0. The van der Waals surface area contributed by atoms with E-state index in [9.17, 15) is 9.90 Å². The monoisotopic (exact) mass is 398 g/mol. The van der Waals surface area contributed by atoms with Gasteiger partial charge in [0.25, 0.3) is 5.91 Å². The zero-order valence-corrected chi connectivity index (χ0v) is 15.9. The van der Waals surface area contributed by atoms with Gasteiger partial charge in [0.05, 0.1) is 30.0 Å². The maximum atomic E-state index is 12.5. The number of amides is 1. The molecule has 8 heteroatoms. The molecule has 0 spiro atoms. The van der Waals surface area contributed by atoms with Crippen molar-refractivity contribution in [2.75, 3.05) is 7.11 Å². The fourth-order valence-corrected chi connectivity index (χ4v) is 4.79. The Hall–Kier alpha value is -2.64. The summed E-state index contributed by atoms with van der Waals surface area (Å²) in [5, 5.41) is 22.8. The number of nitrogens with one attached hydrogen (secondary N) is 2. The largest absolute Gasteiger partial charge is 0.481 e. The topological polar surface area (TPSA) is 100 Å². The maximum absolute atomic E-state index is 12.5. The number of ether oxygens (including phenoxy) is 1. The Labute approximate surface area is 166 Å². The van der Waals surface area contributed by atoms with E-state index >= 15 is 0 Å². The molecule has 0 saturated heterocycles. The van der Waals surface area contributed by atoms with E-state index in [1.54, 1.807) is 24.4 Å². The molecule has 3 aromatic rings. The number of benzene rings is 1. The summed E-state index contributed by atoms with van der Waals surface area (Å²) in [5.41, 5.74) is 1.16. The van der Waals surface area contributed by atoms with Crippen molar-refractivity contribution < 1.29 is 14.6 Å². The van der Waals surface area contributed by atoms with Crippen LogP contribution in [0.3, 0.4) is 0 Å². The van der Waals surface area contributed by atoms with Gasteiger partial charge in [-0.1, -0.05) is 11.6 Å². The van der Waals surface area contributed by atoms with E-state index in [1.165, 1.54) is 13.3 Å². The molecule has 0 bridgehead atoms. The molecule has 0 radical (unpaired) electrons. The van der Waals surface area contributed by atoms with Gasteiger partial charge in [0.15, 0.2) is 0 Å². The zero-order valence-electron chi connectivity index (χ0n) is 15.1. The SMILES string of the molecule is COc1ccc(C(=O)N[C@H]2[C@@H]3C[C@](O)(c4cc(Cl)cc5[nH]ncc45)C[C@@H]32)cn1. The van der Waals surface area contributed by atoms with Crippen molar-refractivity contribution in [1.29, 1.82) is 0 Å². The van der Waals surface area contributed by atoms with Gasteiger partial charge in [-0.3, -0.25) is 9.89 Å². The zero-order chi connectivity index (χ0) is 19.5. The number of aromatic nitrogens is 3. The first-order chi connectivity index (χ1) is 13.5. The van der Waals surface area contributed by atoms with Gasteiger partial charge in [-0.05, 0) is 48.4 Å². The van der Waals surface area contributed by atoms with Crippen LogP contribution in [0.5, 0.6) is 5.88 Å². The van der Waals surface area contributed by atoms with Gasteiger partial charge in [-0.15, -0.1) is 0 Å². The Morgan fingerprint density at radius 2 is 2.11 bits per heavy atom. The van der Waals surface area contributed by atoms with Crippen LogP contribution < -0.4 is 10.1 Å². The number of pyridine rings is 1. The third-order valence-electron chi connectivity index (χ3n) is 6.01. The van der Waals surface area contributed by atoms with Gasteiger partial charge >= 0.3 is 0 Å². The van der Waals surface area contributed by atoms with E-state index in [0.29, 0.717) is 29.3 Å². The number of carbonyl (C=O) groups excluding carboxylic acids is 1. The number of hydrogen-bond acceptors (Lipinski definition) is 5. The predicted molar refractivity (Wildman–Crippen MR) is 103 cm³/mol. The lowest BCUT2D eigenvalue weighted by atomic mass is 9.86. The normalized spacial score (nSPS) is 28.2. The van der Waals surface area contributed by atoms with E-state index in [2.05, 4.69) is 20.5 Å². The molecule has 2 heterocycles. The summed E-state index contributed by atoms with van der Waals surface area (Å²) in [6.07, 6.45) is 4.40. The van der Waals surface area contributed by atoms with Crippen molar-refractivity contribution in [3.63, 3.8) is 0 Å². The van der Waals surface area contributed by atoms with Crippen LogP contribution in [0.2, 0.25) is 5.02 Å². The van der Waals surface area contributed by atoms with E-state index in [-0.39, 0.29) is 23.8 Å². The third kappa shape index (κ3) is 2.73. The summed E-state index contributed by atoms with van der Waals surface area (Å²) in [7, 11) is 1.53. The molecule has 5 rings (SSSR count). The molecule has 2 aromatic heterocycles. The molecule has 1 amide bonds. The first-order valence-electron chi connectivity index (χ1n) is 9.15. The molecule has 144 valence electrons. The summed E-state index contributed by atoms with van der Waals surface area (Å²) in [6, 6.07) is 7.06. The Balaban J connectivity index is 1.30. The van der Waals surface area contributed by atoms with Crippen molar-refractivity contribution in [1.82, 2.24) is 20.5 Å². The summed E-state index contributed by atoms with van der Waals surface area (Å²) in [5.74, 6) is 0.817. The minimum Gasteiger partial charge on any atom is -0.481 e. The number of methoxy groups -OCH3 is 1. The Bertz CT molecular complexity index is 1050. The highest BCUT2D eigenvalue weighted by Gasteiger charge is 2.62. The summed E-state index contributed by atoms with van der Waals surface area (Å²) < 4.78 is 5.01. The van der Waals surface area contributed by atoms with Crippen molar-refractivity contribution in [2.24, 2.45) is 11.8 Å². The molecule has 1 aromatic carbocycles. The lowest BCUT2D eigenvalue weighted by Crippen LogP contribution is -2.33. The second-order valence-electron chi connectivity index (χ2n) is 7.64. The van der Waals surface area contributed by atoms with Crippen molar-refractivity contribution in [3.8, 4) is 5.88 Å². The first kappa shape index (κ1) is 17.5. The van der Waals surface area contributed by atoms with E-state index in [0.717, 1.165) is 16.5 Å². The molecule has 28 heavy (non-hydrogen) atoms. The molecule has 0 aliphatic heterocycles. The van der Waals surface area contributed by atoms with E-state index in [1.807, 2.05) is 6.07 Å². The highest BCUT2D eigenvalue weighted by Crippen LogP contribution is 2.60. The molecular weight excluding hydrogens is 380 g/mol.